The molecule has 0 amide bonds. The number of carboxylic acid groups (broad SMARTS) is 1. The van der Waals surface area contributed by atoms with E-state index < -0.39 is 23.5 Å². The molecule has 1 aromatic rings. The van der Waals surface area contributed by atoms with Crippen LogP contribution in [0.25, 0.3) is 0 Å². The topological polar surface area (TPSA) is 63.6 Å². The molecule has 0 heterocycles. The van der Waals surface area contributed by atoms with E-state index in [0.29, 0.717) is 0 Å². The van der Waals surface area contributed by atoms with Crippen LogP contribution in [-0.4, -0.2) is 22.7 Å². The first-order valence-electron chi connectivity index (χ1n) is 5.17. The number of carbonyl (C=O) groups is 2. The molecule has 0 aromatic heterocycles. The number of carboxylic acids is 1. The summed E-state index contributed by atoms with van der Waals surface area (Å²) in [5.41, 5.74) is -1.64. The smallest absolute Gasteiger partial charge is 0.342 e. The van der Waals surface area contributed by atoms with Gasteiger partial charge in [0.15, 0.2) is 0 Å². The van der Waals surface area contributed by atoms with Gasteiger partial charge in [0.2, 0.25) is 5.67 Å². The van der Waals surface area contributed by atoms with Gasteiger partial charge >= 0.3 is 11.9 Å². The summed E-state index contributed by atoms with van der Waals surface area (Å²) in [6.07, 6.45) is -0.296. The highest BCUT2D eigenvalue weighted by molar-refractivity contribution is 5.92. The number of hydrogen-bond acceptors (Lipinski definition) is 3. The average Bonchev–Trinajstić information content (AvgIpc) is 3.02. The van der Waals surface area contributed by atoms with Crippen molar-refractivity contribution >= 4 is 11.9 Å². The van der Waals surface area contributed by atoms with Gasteiger partial charge in [0.1, 0.15) is 12.5 Å². The van der Waals surface area contributed by atoms with Crippen LogP contribution in [0, 0.1) is 5.92 Å². The zero-order valence-electron chi connectivity index (χ0n) is 8.93. The predicted molar refractivity (Wildman–Crippen MR) is 55.8 cm³/mol. The van der Waals surface area contributed by atoms with E-state index in [9.17, 15) is 14.0 Å². The molecule has 1 aliphatic carbocycles. The van der Waals surface area contributed by atoms with Crippen molar-refractivity contribution in [1.82, 2.24) is 0 Å². The number of ether oxygens (including phenoxy) is 1. The Balaban J connectivity index is 1.86. The maximum Gasteiger partial charge on any atom is 0.342 e. The number of benzene rings is 1. The molecular weight excluding hydrogens is 227 g/mol. The second-order valence-electron chi connectivity index (χ2n) is 4.02. The zero-order valence-corrected chi connectivity index (χ0v) is 8.93. The molecule has 90 valence electrons. The molecule has 5 heteroatoms. The Kier molecular flexibility index (Phi) is 2.83. The molecule has 2 rings (SSSR count). The lowest BCUT2D eigenvalue weighted by Crippen LogP contribution is -2.23. The van der Waals surface area contributed by atoms with E-state index in [0.717, 1.165) is 5.56 Å². The fourth-order valence-electron chi connectivity index (χ4n) is 1.57. The summed E-state index contributed by atoms with van der Waals surface area (Å²) < 4.78 is 18.2. The van der Waals surface area contributed by atoms with Crippen molar-refractivity contribution in [3.63, 3.8) is 0 Å². The molecule has 0 bridgehead atoms. The summed E-state index contributed by atoms with van der Waals surface area (Å²) >= 11 is 0. The van der Waals surface area contributed by atoms with Crippen LogP contribution < -0.4 is 0 Å². The van der Waals surface area contributed by atoms with Crippen molar-refractivity contribution in [1.29, 1.82) is 0 Å². The van der Waals surface area contributed by atoms with E-state index in [-0.39, 0.29) is 13.0 Å². The first-order chi connectivity index (χ1) is 8.04. The Morgan fingerprint density at radius 1 is 1.41 bits per heavy atom. The molecule has 0 saturated heterocycles. The normalized spacial score (nSPS) is 26.3. The highest BCUT2D eigenvalue weighted by atomic mass is 19.1. The summed E-state index contributed by atoms with van der Waals surface area (Å²) in [5.74, 6) is -3.55. The van der Waals surface area contributed by atoms with Gasteiger partial charge in [-0.3, -0.25) is 4.79 Å². The third-order valence-electron chi connectivity index (χ3n) is 2.76. The maximum atomic E-state index is 13.4. The lowest BCUT2D eigenvalue weighted by atomic mass is 10.2. The molecular formula is C12H11FO4. The molecule has 1 saturated carbocycles. The molecule has 4 nitrogen and oxygen atoms in total. The summed E-state index contributed by atoms with van der Waals surface area (Å²) in [6, 6.07) is 8.93. The maximum absolute atomic E-state index is 13.4. The van der Waals surface area contributed by atoms with Gasteiger partial charge in [0.25, 0.3) is 0 Å². The Morgan fingerprint density at radius 2 is 2.06 bits per heavy atom. The third kappa shape index (κ3) is 2.27. The number of halogens is 1. The third-order valence-corrected chi connectivity index (χ3v) is 2.76. The van der Waals surface area contributed by atoms with Gasteiger partial charge in [-0.05, 0) is 5.56 Å². The van der Waals surface area contributed by atoms with E-state index in [2.05, 4.69) is 0 Å². The fourth-order valence-corrected chi connectivity index (χ4v) is 1.57. The van der Waals surface area contributed by atoms with Gasteiger partial charge in [0.05, 0.1) is 0 Å². The number of alkyl halides is 1. The van der Waals surface area contributed by atoms with Crippen molar-refractivity contribution in [3.8, 4) is 0 Å². The highest BCUT2D eigenvalue weighted by Gasteiger charge is 2.66. The molecule has 0 radical (unpaired) electrons. The Labute approximate surface area is 97.0 Å². The minimum Gasteiger partial charge on any atom is -0.479 e. The Morgan fingerprint density at radius 3 is 2.59 bits per heavy atom. The number of esters is 1. The van der Waals surface area contributed by atoms with E-state index in [1.807, 2.05) is 6.07 Å². The second-order valence-corrected chi connectivity index (χ2v) is 4.02. The molecule has 1 N–H and O–H groups in total. The standard InChI is InChI=1S/C12H11FO4/c13-12(11(15)16)6-9(12)10(14)17-7-8-4-2-1-3-5-8/h1-5,9H,6-7H2,(H,15,16)/t9-,12+/m0/s1. The van der Waals surface area contributed by atoms with Crippen molar-refractivity contribution < 1.29 is 23.8 Å². The molecule has 0 spiro atoms. The van der Waals surface area contributed by atoms with Crippen molar-refractivity contribution in [2.24, 2.45) is 5.92 Å². The molecule has 0 aliphatic heterocycles. The van der Waals surface area contributed by atoms with Gasteiger partial charge in [-0.15, -0.1) is 0 Å². The summed E-state index contributed by atoms with van der Waals surface area (Å²) in [4.78, 5) is 21.9. The fraction of sp³-hybridized carbons (Fsp3) is 0.333. The van der Waals surface area contributed by atoms with Crippen LogP contribution in [0.1, 0.15) is 12.0 Å². The van der Waals surface area contributed by atoms with Crippen molar-refractivity contribution in [2.75, 3.05) is 0 Å². The molecule has 17 heavy (non-hydrogen) atoms. The summed E-state index contributed by atoms with van der Waals surface area (Å²) in [6.45, 7) is 0.0336. The van der Waals surface area contributed by atoms with E-state index >= 15 is 0 Å². The van der Waals surface area contributed by atoms with Gasteiger partial charge in [0, 0.05) is 6.42 Å². The first kappa shape index (κ1) is 11.6. The minimum atomic E-state index is -2.42. The molecule has 1 aliphatic rings. The molecule has 1 aromatic carbocycles. The minimum absolute atomic E-state index is 0.0336. The second kappa shape index (κ2) is 4.16. The first-order valence-corrected chi connectivity index (χ1v) is 5.17. The Bertz CT molecular complexity index is 445. The van der Waals surface area contributed by atoms with Crippen molar-refractivity contribution in [2.45, 2.75) is 18.7 Å². The van der Waals surface area contributed by atoms with Gasteiger partial charge in [-0.1, -0.05) is 30.3 Å². The number of hydrogen-bond donors (Lipinski definition) is 1. The number of rotatable bonds is 4. The molecule has 0 unspecified atom stereocenters. The summed E-state index contributed by atoms with van der Waals surface area (Å²) in [7, 11) is 0. The predicted octanol–water partition coefficient (Wildman–Crippen LogP) is 1.54. The van der Waals surface area contributed by atoms with Crippen LogP contribution in [0.3, 0.4) is 0 Å². The molecule has 2 atom stereocenters. The van der Waals surface area contributed by atoms with E-state index in [1.54, 1.807) is 24.3 Å². The monoisotopic (exact) mass is 238 g/mol. The highest BCUT2D eigenvalue weighted by Crippen LogP contribution is 2.48. The van der Waals surface area contributed by atoms with Crippen LogP contribution in [0.2, 0.25) is 0 Å². The van der Waals surface area contributed by atoms with Crippen LogP contribution in [0.5, 0.6) is 0 Å². The summed E-state index contributed by atoms with van der Waals surface area (Å²) in [5, 5.41) is 8.53. The number of carbonyl (C=O) groups excluding carboxylic acids is 1. The van der Waals surface area contributed by atoms with E-state index in [4.69, 9.17) is 9.84 Å². The van der Waals surface area contributed by atoms with Crippen LogP contribution >= 0.6 is 0 Å². The van der Waals surface area contributed by atoms with Crippen molar-refractivity contribution in [3.05, 3.63) is 35.9 Å². The van der Waals surface area contributed by atoms with E-state index in [1.165, 1.54) is 0 Å². The number of aliphatic carboxylic acids is 1. The zero-order chi connectivity index (χ0) is 12.5. The SMILES string of the molecule is O=C(OCc1ccccc1)[C@@H]1C[C@]1(F)C(=O)O. The Hall–Kier alpha value is -1.91. The lowest BCUT2D eigenvalue weighted by molar-refractivity contribution is -0.153. The lowest BCUT2D eigenvalue weighted by Gasteiger charge is -2.05. The van der Waals surface area contributed by atoms with Gasteiger partial charge in [-0.2, -0.15) is 0 Å². The van der Waals surface area contributed by atoms with Crippen LogP contribution in [0.15, 0.2) is 30.3 Å². The van der Waals surface area contributed by atoms with Gasteiger partial charge in [-0.25, -0.2) is 9.18 Å². The molecule has 1 fully saturated rings. The quantitative estimate of drug-likeness (QED) is 0.808. The van der Waals surface area contributed by atoms with Gasteiger partial charge < -0.3 is 9.84 Å². The van der Waals surface area contributed by atoms with Crippen LogP contribution in [-0.2, 0) is 20.9 Å². The average molecular weight is 238 g/mol. The largest absolute Gasteiger partial charge is 0.479 e. The van der Waals surface area contributed by atoms with Crippen LogP contribution in [0.4, 0.5) is 4.39 Å².